The van der Waals surface area contributed by atoms with Gasteiger partial charge in [-0.2, -0.15) is 0 Å². The Balaban J connectivity index is 1.32. The molecule has 8 atom stereocenters. The molecule has 4 saturated carbocycles. The lowest BCUT2D eigenvalue weighted by atomic mass is 9.48. The van der Waals surface area contributed by atoms with E-state index in [1.165, 1.54) is 64.2 Å². The van der Waals surface area contributed by atoms with Crippen molar-refractivity contribution in [2.24, 2.45) is 69.0 Å². The van der Waals surface area contributed by atoms with Crippen LogP contribution in [-0.2, 0) is 0 Å². The van der Waals surface area contributed by atoms with Crippen molar-refractivity contribution in [3.63, 3.8) is 0 Å². The van der Waals surface area contributed by atoms with Crippen molar-refractivity contribution in [3.8, 4) is 0 Å². The van der Waals surface area contributed by atoms with Gasteiger partial charge in [-0.25, -0.2) is 0 Å². The lowest BCUT2D eigenvalue weighted by Crippen LogP contribution is -2.51. The van der Waals surface area contributed by atoms with Gasteiger partial charge in [0.25, 0.3) is 0 Å². The molecular weight excluding hydrogens is 485 g/mol. The molecule has 220 valence electrons. The van der Waals surface area contributed by atoms with Crippen LogP contribution in [0.1, 0.15) is 133 Å². The topological polar surface area (TPSA) is 0 Å². The predicted molar refractivity (Wildman–Crippen MR) is 172 cm³/mol. The van der Waals surface area contributed by atoms with Gasteiger partial charge in [-0.05, 0) is 147 Å². The van der Waals surface area contributed by atoms with Crippen LogP contribution >= 0.6 is 0 Å². The molecule has 8 unspecified atom stereocenters. The quantitative estimate of drug-likeness (QED) is 0.301. The third-order valence-electron chi connectivity index (χ3n) is 15.2. The van der Waals surface area contributed by atoms with Gasteiger partial charge in [0.1, 0.15) is 8.07 Å². The summed E-state index contributed by atoms with van der Waals surface area (Å²) in [6.45, 7) is 31.9. The third-order valence-corrected chi connectivity index (χ3v) is 19.5. The highest BCUT2D eigenvalue weighted by molar-refractivity contribution is 6.91. The molecule has 6 aliphatic rings. The predicted octanol–water partition coefficient (Wildman–Crippen LogP) is 11.4. The Morgan fingerprint density at radius 3 is 1.08 bits per heavy atom. The molecule has 0 spiro atoms. The normalized spacial score (nSPS) is 44.0. The number of hydrogen-bond acceptors (Lipinski definition) is 0. The van der Waals surface area contributed by atoms with E-state index >= 15 is 0 Å². The van der Waals surface area contributed by atoms with Crippen molar-refractivity contribution in [1.82, 2.24) is 0 Å². The number of hydrogen-bond donors (Lipinski definition) is 0. The molecule has 0 nitrogen and oxygen atoms in total. The van der Waals surface area contributed by atoms with Gasteiger partial charge >= 0.3 is 0 Å². The van der Waals surface area contributed by atoms with Crippen LogP contribution < -0.4 is 0 Å². The highest BCUT2D eigenvalue weighted by atomic mass is 28.3. The van der Waals surface area contributed by atoms with Crippen LogP contribution in [0, 0.1) is 69.0 Å². The summed E-state index contributed by atoms with van der Waals surface area (Å²) in [5.41, 5.74) is 5.81. The maximum absolute atomic E-state index is 2.83. The second-order valence-electron chi connectivity index (χ2n) is 19.5. The Hall–Kier alpha value is -0.303. The van der Waals surface area contributed by atoms with Crippen molar-refractivity contribution in [3.05, 3.63) is 21.5 Å². The first-order chi connectivity index (χ1) is 17.9. The van der Waals surface area contributed by atoms with E-state index in [1.807, 2.05) is 11.1 Å². The van der Waals surface area contributed by atoms with Crippen LogP contribution in [0.3, 0.4) is 0 Å². The van der Waals surface area contributed by atoms with Crippen LogP contribution in [0.15, 0.2) is 21.5 Å². The second-order valence-corrected chi connectivity index (χ2v) is 23.8. The second kappa shape index (κ2) is 8.86. The fraction of sp³-hybridized carbons (Fsp3) is 0.895. The van der Waals surface area contributed by atoms with E-state index in [9.17, 15) is 0 Å². The van der Waals surface area contributed by atoms with Gasteiger partial charge in [-0.15, -0.1) is 0 Å². The fourth-order valence-corrected chi connectivity index (χ4v) is 18.2. The summed E-state index contributed by atoms with van der Waals surface area (Å²) in [6, 6.07) is 0. The molecule has 39 heavy (non-hydrogen) atoms. The van der Waals surface area contributed by atoms with Crippen molar-refractivity contribution < 1.29 is 0 Å². The fourth-order valence-electron chi connectivity index (χ4n) is 13.0. The van der Waals surface area contributed by atoms with E-state index in [0.29, 0.717) is 21.7 Å². The molecule has 6 aliphatic carbocycles. The minimum atomic E-state index is -1.70. The Morgan fingerprint density at radius 1 is 0.487 bits per heavy atom. The summed E-state index contributed by atoms with van der Waals surface area (Å²) in [4.78, 5) is 0. The van der Waals surface area contributed by atoms with Crippen LogP contribution in [0.25, 0.3) is 0 Å². The highest BCUT2D eigenvalue weighted by Gasteiger charge is 2.59. The summed E-state index contributed by atoms with van der Waals surface area (Å²) >= 11 is 0. The SMILES string of the molecule is CC1=C([Si](C)(C)C2=C(C)CC3CC4C(CC23)C(C)(C)CCC4(C)C)C2CC3C(CC2C1)C(C)(C)CCC3(C)C. The van der Waals surface area contributed by atoms with E-state index in [2.05, 4.69) is 92.7 Å². The number of rotatable bonds is 2. The highest BCUT2D eigenvalue weighted by Crippen LogP contribution is 2.66. The average molecular weight is 549 g/mol. The van der Waals surface area contributed by atoms with E-state index in [0.717, 1.165) is 47.3 Å². The summed E-state index contributed by atoms with van der Waals surface area (Å²) in [5, 5.41) is 4.12. The molecule has 0 aromatic rings. The molecule has 0 radical (unpaired) electrons. The maximum atomic E-state index is 2.83. The Bertz CT molecular complexity index is 992. The zero-order chi connectivity index (χ0) is 28.5. The molecule has 4 fully saturated rings. The first-order valence-electron chi connectivity index (χ1n) is 17.3. The van der Waals surface area contributed by atoms with Gasteiger partial charge in [-0.1, -0.05) is 90.0 Å². The number of fused-ring (bicyclic) bond motifs is 4. The standard InChI is InChI=1S/C38H64Si/c1-23-17-25-19-29-31(37(7,8)15-13-35(29,3)4)21-27(25)33(23)39(11,12)34-24(2)18-26-20-30-32(22-28(26)34)38(9,10)16-14-36(30,5)6/h25-32H,13-22H2,1-12H3. The van der Waals surface area contributed by atoms with E-state index in [-0.39, 0.29) is 0 Å². The van der Waals surface area contributed by atoms with Crippen LogP contribution in [0.2, 0.25) is 13.1 Å². The summed E-state index contributed by atoms with van der Waals surface area (Å²) in [6.07, 6.45) is 14.6. The zero-order valence-electron chi connectivity index (χ0n) is 28.2. The van der Waals surface area contributed by atoms with Crippen molar-refractivity contribution in [2.45, 2.75) is 147 Å². The molecule has 6 rings (SSSR count). The van der Waals surface area contributed by atoms with Crippen LogP contribution in [0.4, 0.5) is 0 Å². The minimum absolute atomic E-state index is 0.518. The molecule has 0 amide bonds. The van der Waals surface area contributed by atoms with E-state index in [1.54, 1.807) is 0 Å². The molecule has 0 aliphatic heterocycles. The molecule has 0 saturated heterocycles. The van der Waals surface area contributed by atoms with Crippen LogP contribution in [-0.4, -0.2) is 8.07 Å². The first-order valence-corrected chi connectivity index (χ1v) is 20.3. The lowest BCUT2D eigenvalue weighted by Gasteiger charge is -2.58. The summed E-state index contributed by atoms with van der Waals surface area (Å²) in [7, 11) is -1.70. The van der Waals surface area contributed by atoms with Crippen molar-refractivity contribution in [2.75, 3.05) is 0 Å². The zero-order valence-corrected chi connectivity index (χ0v) is 29.2. The molecule has 0 heterocycles. The van der Waals surface area contributed by atoms with Gasteiger partial charge in [0.05, 0.1) is 0 Å². The van der Waals surface area contributed by atoms with Crippen molar-refractivity contribution >= 4 is 8.07 Å². The average Bonchev–Trinajstić information content (AvgIpc) is 3.33. The Labute approximate surface area is 244 Å². The monoisotopic (exact) mass is 548 g/mol. The smallest absolute Gasteiger partial charge is 0.0770 e. The third kappa shape index (κ3) is 4.30. The number of allylic oxidation sites excluding steroid dienone is 4. The molecule has 0 N–H and O–H groups in total. The Morgan fingerprint density at radius 2 is 0.769 bits per heavy atom. The molecule has 0 aromatic carbocycles. The summed E-state index contributed by atoms with van der Waals surface area (Å²) in [5.74, 6) is 7.36. The van der Waals surface area contributed by atoms with Crippen LogP contribution in [0.5, 0.6) is 0 Å². The lowest BCUT2D eigenvalue weighted by molar-refractivity contribution is -0.0693. The van der Waals surface area contributed by atoms with E-state index < -0.39 is 8.07 Å². The molecule has 0 bridgehead atoms. The molecule has 0 aromatic heterocycles. The van der Waals surface area contributed by atoms with Gasteiger partial charge in [0.2, 0.25) is 0 Å². The minimum Gasteiger partial charge on any atom is -0.0770 e. The largest absolute Gasteiger partial charge is 0.103 e. The van der Waals surface area contributed by atoms with Crippen molar-refractivity contribution in [1.29, 1.82) is 0 Å². The van der Waals surface area contributed by atoms with Gasteiger partial charge in [-0.3, -0.25) is 0 Å². The van der Waals surface area contributed by atoms with Gasteiger partial charge < -0.3 is 0 Å². The first kappa shape index (κ1) is 28.8. The van der Waals surface area contributed by atoms with E-state index in [4.69, 9.17) is 0 Å². The Kier molecular flexibility index (Phi) is 6.54. The summed E-state index contributed by atoms with van der Waals surface area (Å²) < 4.78 is 0. The molecular formula is C38H64Si. The van der Waals surface area contributed by atoms with Gasteiger partial charge in [0.15, 0.2) is 0 Å². The van der Waals surface area contributed by atoms with Gasteiger partial charge in [0, 0.05) is 0 Å². The maximum Gasteiger partial charge on any atom is 0.103 e. The molecule has 1 heteroatoms.